The van der Waals surface area contributed by atoms with Crippen LogP contribution in [-0.4, -0.2) is 36.1 Å². The Hall–Kier alpha value is -3.08. The summed E-state index contributed by atoms with van der Waals surface area (Å²) in [6, 6.07) is 18.7. The number of aromatic nitrogens is 2. The monoisotopic (exact) mass is 373 g/mol. The number of hydrogen-bond donors (Lipinski definition) is 1. The Morgan fingerprint density at radius 1 is 0.786 bits per heavy atom. The van der Waals surface area contributed by atoms with Crippen LogP contribution in [0.3, 0.4) is 0 Å². The van der Waals surface area contributed by atoms with Gasteiger partial charge in [0, 0.05) is 49.3 Å². The van der Waals surface area contributed by atoms with Crippen molar-refractivity contribution >= 4 is 23.1 Å². The minimum atomic E-state index is 0.651. The Morgan fingerprint density at radius 3 is 2.25 bits per heavy atom. The van der Waals surface area contributed by atoms with Crippen LogP contribution in [0, 0.1) is 20.8 Å². The number of anilines is 4. The van der Waals surface area contributed by atoms with Gasteiger partial charge in [0.15, 0.2) is 0 Å². The summed E-state index contributed by atoms with van der Waals surface area (Å²) in [5.74, 6) is 1.64. The maximum absolute atomic E-state index is 4.77. The number of piperazine rings is 1. The van der Waals surface area contributed by atoms with Gasteiger partial charge in [-0.15, -0.1) is 0 Å². The van der Waals surface area contributed by atoms with Gasteiger partial charge in [0.05, 0.1) is 0 Å². The highest BCUT2D eigenvalue weighted by Gasteiger charge is 2.20. The predicted octanol–water partition coefficient (Wildman–Crippen LogP) is 4.47. The Bertz CT molecular complexity index is 946. The summed E-state index contributed by atoms with van der Waals surface area (Å²) >= 11 is 0. The van der Waals surface area contributed by atoms with Gasteiger partial charge in [-0.05, 0) is 50.1 Å². The fourth-order valence-electron chi connectivity index (χ4n) is 3.68. The van der Waals surface area contributed by atoms with Gasteiger partial charge >= 0.3 is 0 Å². The van der Waals surface area contributed by atoms with E-state index in [4.69, 9.17) is 4.98 Å². The molecular formula is C23H27N5. The molecular weight excluding hydrogens is 346 g/mol. The molecule has 0 spiro atoms. The third-order valence-corrected chi connectivity index (χ3v) is 5.39. The van der Waals surface area contributed by atoms with Crippen LogP contribution in [-0.2, 0) is 0 Å². The zero-order valence-corrected chi connectivity index (χ0v) is 16.8. The molecule has 1 N–H and O–H groups in total. The number of rotatable bonds is 4. The Labute approximate surface area is 167 Å². The van der Waals surface area contributed by atoms with Crippen LogP contribution >= 0.6 is 0 Å². The quantitative estimate of drug-likeness (QED) is 0.731. The van der Waals surface area contributed by atoms with E-state index in [-0.39, 0.29) is 0 Å². The van der Waals surface area contributed by atoms with Gasteiger partial charge in [-0.25, -0.2) is 4.98 Å². The zero-order valence-electron chi connectivity index (χ0n) is 16.8. The van der Waals surface area contributed by atoms with Crippen LogP contribution in [0.4, 0.5) is 23.1 Å². The van der Waals surface area contributed by atoms with E-state index in [1.165, 1.54) is 16.8 Å². The second-order valence-electron chi connectivity index (χ2n) is 7.38. The molecule has 2 aromatic carbocycles. The third kappa shape index (κ3) is 3.93. The van der Waals surface area contributed by atoms with Gasteiger partial charge in [0.2, 0.25) is 5.95 Å². The van der Waals surface area contributed by atoms with E-state index in [1.807, 2.05) is 37.3 Å². The summed E-state index contributed by atoms with van der Waals surface area (Å²) in [5.41, 5.74) is 6.05. The normalized spacial score (nSPS) is 14.2. The number of nitrogens with zero attached hydrogens (tertiary/aromatic N) is 4. The Morgan fingerprint density at radius 2 is 1.50 bits per heavy atom. The van der Waals surface area contributed by atoms with Crippen molar-refractivity contribution in [1.82, 2.24) is 9.97 Å². The van der Waals surface area contributed by atoms with Crippen molar-refractivity contribution in [3.05, 3.63) is 71.4 Å². The number of nitrogens with one attached hydrogen (secondary N) is 1. The van der Waals surface area contributed by atoms with Gasteiger partial charge in [-0.3, -0.25) is 0 Å². The summed E-state index contributed by atoms with van der Waals surface area (Å²) in [6.07, 6.45) is 0. The molecule has 1 aromatic heterocycles. The van der Waals surface area contributed by atoms with E-state index in [1.54, 1.807) is 0 Å². The molecule has 0 bridgehead atoms. The molecule has 1 saturated heterocycles. The smallest absolute Gasteiger partial charge is 0.229 e. The first-order chi connectivity index (χ1) is 13.6. The van der Waals surface area contributed by atoms with Gasteiger partial charge in [-0.2, -0.15) is 4.98 Å². The van der Waals surface area contributed by atoms with Gasteiger partial charge in [-0.1, -0.05) is 30.3 Å². The number of hydrogen-bond acceptors (Lipinski definition) is 5. The lowest BCUT2D eigenvalue weighted by molar-refractivity contribution is 0.645. The van der Waals surface area contributed by atoms with Crippen molar-refractivity contribution in [1.29, 1.82) is 0 Å². The first kappa shape index (κ1) is 18.3. The first-order valence-electron chi connectivity index (χ1n) is 9.84. The topological polar surface area (TPSA) is 44.3 Å². The summed E-state index contributed by atoms with van der Waals surface area (Å²) < 4.78 is 0. The molecule has 3 aromatic rings. The summed E-state index contributed by atoms with van der Waals surface area (Å²) in [6.45, 7) is 10.3. The molecule has 1 aliphatic heterocycles. The first-order valence-corrected chi connectivity index (χ1v) is 9.84. The van der Waals surface area contributed by atoms with E-state index < -0.39 is 0 Å². The van der Waals surface area contributed by atoms with Crippen LogP contribution in [0.5, 0.6) is 0 Å². The zero-order chi connectivity index (χ0) is 19.5. The molecule has 1 fully saturated rings. The number of benzene rings is 2. The van der Waals surface area contributed by atoms with Gasteiger partial charge < -0.3 is 15.1 Å². The van der Waals surface area contributed by atoms with Crippen molar-refractivity contribution in [3.63, 3.8) is 0 Å². The highest BCUT2D eigenvalue weighted by Crippen LogP contribution is 2.25. The summed E-state index contributed by atoms with van der Waals surface area (Å²) in [5, 5.41) is 3.31. The van der Waals surface area contributed by atoms with E-state index in [0.717, 1.165) is 43.4 Å². The minimum Gasteiger partial charge on any atom is -0.368 e. The average molecular weight is 374 g/mol. The standard InChI is InChI=1S/C23H27N5/c1-17-8-7-11-21(19(17)3)27-12-14-28(15-13-27)22-16-18(2)24-23(26-22)25-20-9-5-4-6-10-20/h4-11,16H,12-15H2,1-3H3,(H,24,25,26). The lowest BCUT2D eigenvalue weighted by Gasteiger charge is -2.37. The molecule has 0 atom stereocenters. The Kier molecular flexibility index (Phi) is 5.15. The Balaban J connectivity index is 1.48. The van der Waals surface area contributed by atoms with Gasteiger partial charge in [0.25, 0.3) is 0 Å². The molecule has 0 amide bonds. The molecule has 144 valence electrons. The molecule has 5 nitrogen and oxygen atoms in total. The molecule has 5 heteroatoms. The molecule has 2 heterocycles. The number of aryl methyl sites for hydroxylation is 2. The second kappa shape index (κ2) is 7.89. The van der Waals surface area contributed by atoms with E-state index in [9.17, 15) is 0 Å². The molecule has 1 aliphatic rings. The average Bonchev–Trinajstić information content (AvgIpc) is 2.71. The molecule has 0 unspecified atom stereocenters. The van der Waals surface area contributed by atoms with E-state index >= 15 is 0 Å². The molecule has 0 saturated carbocycles. The van der Waals surface area contributed by atoms with Crippen LogP contribution in [0.15, 0.2) is 54.6 Å². The van der Waals surface area contributed by atoms with E-state index in [2.05, 4.69) is 58.2 Å². The highest BCUT2D eigenvalue weighted by molar-refractivity contribution is 5.58. The maximum Gasteiger partial charge on any atom is 0.229 e. The lowest BCUT2D eigenvalue weighted by Crippen LogP contribution is -2.47. The van der Waals surface area contributed by atoms with Crippen molar-refractivity contribution in [2.45, 2.75) is 20.8 Å². The van der Waals surface area contributed by atoms with Crippen molar-refractivity contribution in [2.75, 3.05) is 41.3 Å². The highest BCUT2D eigenvalue weighted by atomic mass is 15.3. The largest absolute Gasteiger partial charge is 0.368 e. The predicted molar refractivity (Wildman–Crippen MR) is 117 cm³/mol. The molecule has 4 rings (SSSR count). The third-order valence-electron chi connectivity index (χ3n) is 5.39. The van der Waals surface area contributed by atoms with Crippen LogP contribution in [0.25, 0.3) is 0 Å². The van der Waals surface area contributed by atoms with Crippen molar-refractivity contribution in [3.8, 4) is 0 Å². The maximum atomic E-state index is 4.77. The van der Waals surface area contributed by atoms with Crippen LogP contribution in [0.1, 0.15) is 16.8 Å². The molecule has 0 aliphatic carbocycles. The SMILES string of the molecule is Cc1cc(N2CCN(c3cccc(C)c3C)CC2)nc(Nc2ccccc2)n1. The minimum absolute atomic E-state index is 0.651. The van der Waals surface area contributed by atoms with Crippen LogP contribution in [0.2, 0.25) is 0 Å². The summed E-state index contributed by atoms with van der Waals surface area (Å²) in [4.78, 5) is 14.2. The van der Waals surface area contributed by atoms with Crippen molar-refractivity contribution < 1.29 is 0 Å². The van der Waals surface area contributed by atoms with Gasteiger partial charge in [0.1, 0.15) is 5.82 Å². The molecule has 28 heavy (non-hydrogen) atoms. The fourth-order valence-corrected chi connectivity index (χ4v) is 3.68. The lowest BCUT2D eigenvalue weighted by atomic mass is 10.1. The molecule has 0 radical (unpaired) electrons. The van der Waals surface area contributed by atoms with Crippen molar-refractivity contribution in [2.24, 2.45) is 0 Å². The number of para-hydroxylation sites is 1. The van der Waals surface area contributed by atoms with Crippen LogP contribution < -0.4 is 15.1 Å². The second-order valence-corrected chi connectivity index (χ2v) is 7.38. The summed E-state index contributed by atoms with van der Waals surface area (Å²) in [7, 11) is 0. The fraction of sp³-hybridized carbons (Fsp3) is 0.304. The van der Waals surface area contributed by atoms with E-state index in [0.29, 0.717) is 5.95 Å².